The van der Waals surface area contributed by atoms with E-state index in [2.05, 4.69) is 10.2 Å². The van der Waals surface area contributed by atoms with Crippen molar-refractivity contribution in [2.75, 3.05) is 5.75 Å². The number of aromatic carboxylic acids is 1. The van der Waals surface area contributed by atoms with Crippen molar-refractivity contribution in [1.82, 2.24) is 10.2 Å². The van der Waals surface area contributed by atoms with Crippen molar-refractivity contribution in [3.05, 3.63) is 29.7 Å². The molecule has 0 aliphatic carbocycles. The zero-order valence-electron chi connectivity index (χ0n) is 9.79. The zero-order chi connectivity index (χ0) is 14.2. The van der Waals surface area contributed by atoms with Crippen LogP contribution in [0.5, 0.6) is 0 Å². The first-order valence-corrected chi connectivity index (χ1v) is 6.94. The summed E-state index contributed by atoms with van der Waals surface area (Å²) in [5.41, 5.74) is -0.959. The number of carboxylic acid groups (broad SMARTS) is 1. The maximum atomic E-state index is 13.5. The monoisotopic (exact) mass is 284 g/mol. The second-order valence-electron chi connectivity index (χ2n) is 3.72. The molecule has 0 saturated carbocycles. The van der Waals surface area contributed by atoms with Gasteiger partial charge in [-0.15, -0.1) is 10.2 Å². The van der Waals surface area contributed by atoms with Gasteiger partial charge in [-0.1, -0.05) is 19.1 Å². The highest BCUT2D eigenvalue weighted by molar-refractivity contribution is 7.91. The number of halogens is 1. The van der Waals surface area contributed by atoms with Crippen molar-refractivity contribution in [2.45, 2.75) is 11.8 Å². The normalized spacial score (nSPS) is 11.7. The molecular formula is C11H9FN2O4S. The molecule has 0 saturated heterocycles. The van der Waals surface area contributed by atoms with Gasteiger partial charge in [-0.3, -0.25) is 0 Å². The predicted molar refractivity (Wildman–Crippen MR) is 64.2 cm³/mol. The van der Waals surface area contributed by atoms with E-state index in [0.29, 0.717) is 0 Å². The van der Waals surface area contributed by atoms with Gasteiger partial charge in [0.2, 0.25) is 0 Å². The fraction of sp³-hybridized carbons (Fsp3) is 0.182. The molecule has 0 bridgehead atoms. The fourth-order valence-electron chi connectivity index (χ4n) is 1.67. The molecule has 1 heterocycles. The first-order valence-electron chi connectivity index (χ1n) is 5.29. The van der Waals surface area contributed by atoms with E-state index < -0.39 is 32.2 Å². The highest BCUT2D eigenvalue weighted by atomic mass is 32.2. The molecule has 1 aromatic heterocycles. The average molecular weight is 284 g/mol. The molecule has 1 aromatic carbocycles. The molecular weight excluding hydrogens is 275 g/mol. The summed E-state index contributed by atoms with van der Waals surface area (Å²) in [6, 6.07) is 3.70. The van der Waals surface area contributed by atoms with Crippen molar-refractivity contribution in [3.8, 4) is 0 Å². The minimum Gasteiger partial charge on any atom is -0.476 e. The Labute approximate surface area is 107 Å². The van der Waals surface area contributed by atoms with Crippen LogP contribution in [-0.2, 0) is 9.84 Å². The molecule has 0 aliphatic rings. The van der Waals surface area contributed by atoms with Gasteiger partial charge >= 0.3 is 5.97 Å². The molecule has 1 N–H and O–H groups in total. The predicted octanol–water partition coefficient (Wildman–Crippen LogP) is 1.26. The SMILES string of the molecule is CCS(=O)(=O)c1c(C(=O)O)nnc2c(F)cccc12. The van der Waals surface area contributed by atoms with E-state index in [1.807, 2.05) is 0 Å². The second kappa shape index (κ2) is 4.54. The van der Waals surface area contributed by atoms with Crippen LogP contribution in [0.15, 0.2) is 23.1 Å². The van der Waals surface area contributed by atoms with E-state index in [9.17, 15) is 17.6 Å². The molecule has 100 valence electrons. The molecule has 0 atom stereocenters. The minimum atomic E-state index is -3.87. The third kappa shape index (κ3) is 2.14. The number of hydrogen-bond donors (Lipinski definition) is 1. The number of nitrogens with zero attached hydrogens (tertiary/aromatic N) is 2. The number of benzene rings is 1. The average Bonchev–Trinajstić information content (AvgIpc) is 2.37. The van der Waals surface area contributed by atoms with Crippen LogP contribution in [0.3, 0.4) is 0 Å². The van der Waals surface area contributed by atoms with Crippen molar-refractivity contribution >= 4 is 26.7 Å². The van der Waals surface area contributed by atoms with Crippen LogP contribution in [0.25, 0.3) is 10.9 Å². The number of hydrogen-bond acceptors (Lipinski definition) is 5. The summed E-state index contributed by atoms with van der Waals surface area (Å²) in [5.74, 6) is -2.59. The summed E-state index contributed by atoms with van der Waals surface area (Å²) in [4.78, 5) is 10.6. The first kappa shape index (κ1) is 13.3. The van der Waals surface area contributed by atoms with Gasteiger partial charge in [-0.25, -0.2) is 17.6 Å². The molecule has 0 amide bonds. The molecule has 2 rings (SSSR count). The lowest BCUT2D eigenvalue weighted by Gasteiger charge is -2.08. The largest absolute Gasteiger partial charge is 0.476 e. The van der Waals surface area contributed by atoms with Gasteiger partial charge in [0, 0.05) is 5.39 Å². The smallest absolute Gasteiger partial charge is 0.357 e. The molecule has 19 heavy (non-hydrogen) atoms. The summed E-state index contributed by atoms with van der Waals surface area (Å²) >= 11 is 0. The Hall–Kier alpha value is -2.09. The van der Waals surface area contributed by atoms with Gasteiger partial charge in [0.05, 0.1) is 5.75 Å². The minimum absolute atomic E-state index is 0.0748. The summed E-state index contributed by atoms with van der Waals surface area (Å²) < 4.78 is 37.5. The lowest BCUT2D eigenvalue weighted by molar-refractivity contribution is 0.0685. The summed E-state index contributed by atoms with van der Waals surface area (Å²) in [7, 11) is -3.87. The highest BCUT2D eigenvalue weighted by Gasteiger charge is 2.27. The Morgan fingerprint density at radius 3 is 2.63 bits per heavy atom. The molecule has 0 unspecified atom stereocenters. The molecule has 0 spiro atoms. The van der Waals surface area contributed by atoms with Gasteiger partial charge in [0.25, 0.3) is 0 Å². The number of carbonyl (C=O) groups is 1. The number of sulfone groups is 1. The number of carboxylic acids is 1. The quantitative estimate of drug-likeness (QED) is 0.911. The lowest BCUT2D eigenvalue weighted by Crippen LogP contribution is -2.15. The Morgan fingerprint density at radius 2 is 2.05 bits per heavy atom. The second-order valence-corrected chi connectivity index (χ2v) is 5.94. The molecule has 2 aromatic rings. The molecule has 0 aliphatic heterocycles. The van der Waals surface area contributed by atoms with Crippen molar-refractivity contribution < 1.29 is 22.7 Å². The Morgan fingerprint density at radius 1 is 1.37 bits per heavy atom. The van der Waals surface area contributed by atoms with E-state index in [4.69, 9.17) is 5.11 Å². The molecule has 6 nitrogen and oxygen atoms in total. The van der Waals surface area contributed by atoms with E-state index in [0.717, 1.165) is 6.07 Å². The van der Waals surface area contributed by atoms with Crippen LogP contribution in [0.2, 0.25) is 0 Å². The number of rotatable bonds is 3. The maximum Gasteiger partial charge on any atom is 0.357 e. The van der Waals surface area contributed by atoms with Gasteiger partial charge in [0.1, 0.15) is 10.4 Å². The van der Waals surface area contributed by atoms with Crippen molar-refractivity contribution in [1.29, 1.82) is 0 Å². The number of aromatic nitrogens is 2. The van der Waals surface area contributed by atoms with Crippen LogP contribution in [0.4, 0.5) is 4.39 Å². The van der Waals surface area contributed by atoms with Gasteiger partial charge in [-0.2, -0.15) is 0 Å². The first-order chi connectivity index (χ1) is 8.88. The summed E-state index contributed by atoms with van der Waals surface area (Å²) in [6.45, 7) is 1.37. The molecule has 8 heteroatoms. The van der Waals surface area contributed by atoms with Gasteiger partial charge in [-0.05, 0) is 6.07 Å². The number of fused-ring (bicyclic) bond motifs is 1. The van der Waals surface area contributed by atoms with E-state index in [1.54, 1.807) is 0 Å². The summed E-state index contributed by atoms with van der Waals surface area (Å²) in [6.07, 6.45) is 0. The van der Waals surface area contributed by atoms with Crippen LogP contribution < -0.4 is 0 Å². The van der Waals surface area contributed by atoms with Crippen LogP contribution in [0.1, 0.15) is 17.4 Å². The van der Waals surface area contributed by atoms with Gasteiger partial charge in [0.15, 0.2) is 21.3 Å². The van der Waals surface area contributed by atoms with Crippen LogP contribution in [-0.4, -0.2) is 35.4 Å². The molecule has 0 fully saturated rings. The van der Waals surface area contributed by atoms with Gasteiger partial charge < -0.3 is 5.11 Å². The van der Waals surface area contributed by atoms with Crippen molar-refractivity contribution in [2.24, 2.45) is 0 Å². The zero-order valence-corrected chi connectivity index (χ0v) is 10.6. The van der Waals surface area contributed by atoms with Crippen LogP contribution >= 0.6 is 0 Å². The summed E-state index contributed by atoms with van der Waals surface area (Å²) in [5, 5.41) is 15.7. The van der Waals surface area contributed by atoms with E-state index in [1.165, 1.54) is 19.1 Å². The van der Waals surface area contributed by atoms with E-state index in [-0.39, 0.29) is 16.7 Å². The Kier molecular flexibility index (Phi) is 3.19. The van der Waals surface area contributed by atoms with Crippen LogP contribution in [0, 0.1) is 5.82 Å². The third-order valence-electron chi connectivity index (χ3n) is 2.59. The van der Waals surface area contributed by atoms with E-state index >= 15 is 0 Å². The third-order valence-corrected chi connectivity index (χ3v) is 4.39. The Balaban J connectivity index is 3.02. The molecule has 0 radical (unpaired) electrons. The topological polar surface area (TPSA) is 97.2 Å². The Bertz CT molecular complexity index is 774. The lowest BCUT2D eigenvalue weighted by atomic mass is 10.2. The maximum absolute atomic E-state index is 13.5. The van der Waals surface area contributed by atoms with Crippen molar-refractivity contribution in [3.63, 3.8) is 0 Å². The highest BCUT2D eigenvalue weighted by Crippen LogP contribution is 2.26. The standard InChI is InChI=1S/C11H9FN2O4S/c1-2-19(17,18)10-6-4-3-5-7(12)8(6)13-14-9(10)11(15)16/h3-5H,2H2,1H3,(H,15,16). The fourth-order valence-corrected chi connectivity index (χ4v) is 2.88.